The SMILES string of the molecule is CCNC(=NCCCn1cnc2ccccc21)N(C)Cc1csc(C)n1.I. The van der Waals surface area contributed by atoms with Crippen molar-refractivity contribution in [3.8, 4) is 0 Å². The highest BCUT2D eigenvalue weighted by atomic mass is 127. The Bertz CT molecular complexity index is 872. The molecular weight excluding hydrogens is 471 g/mol. The number of imidazole rings is 1. The topological polar surface area (TPSA) is 58.3 Å². The predicted molar refractivity (Wildman–Crippen MR) is 124 cm³/mol. The summed E-state index contributed by atoms with van der Waals surface area (Å²) in [6.45, 7) is 7.43. The van der Waals surface area contributed by atoms with E-state index in [-0.39, 0.29) is 24.0 Å². The van der Waals surface area contributed by atoms with Crippen molar-refractivity contribution in [1.29, 1.82) is 0 Å². The summed E-state index contributed by atoms with van der Waals surface area (Å²) in [7, 11) is 2.06. The fourth-order valence-electron chi connectivity index (χ4n) is 2.88. The number of aryl methyl sites for hydroxylation is 2. The van der Waals surface area contributed by atoms with Crippen LogP contribution in [0, 0.1) is 6.92 Å². The summed E-state index contributed by atoms with van der Waals surface area (Å²) in [5.74, 6) is 0.925. The number of guanidine groups is 1. The Morgan fingerprint density at radius 2 is 2.15 bits per heavy atom. The molecule has 3 aromatic rings. The second-order valence-electron chi connectivity index (χ2n) is 6.23. The smallest absolute Gasteiger partial charge is 0.194 e. The van der Waals surface area contributed by atoms with E-state index in [1.807, 2.05) is 25.4 Å². The fourth-order valence-corrected chi connectivity index (χ4v) is 3.49. The number of thiazole rings is 1. The van der Waals surface area contributed by atoms with Gasteiger partial charge in [0.25, 0.3) is 0 Å². The Morgan fingerprint density at radius 1 is 1.33 bits per heavy atom. The lowest BCUT2D eigenvalue weighted by molar-refractivity contribution is 0.470. The van der Waals surface area contributed by atoms with Gasteiger partial charge in [-0.2, -0.15) is 0 Å². The Hall–Kier alpha value is -1.68. The highest BCUT2D eigenvalue weighted by Gasteiger charge is 2.08. The number of nitrogens with zero attached hydrogens (tertiary/aromatic N) is 5. The van der Waals surface area contributed by atoms with E-state index in [1.54, 1.807) is 11.3 Å². The van der Waals surface area contributed by atoms with Crippen LogP contribution in [0.4, 0.5) is 0 Å². The van der Waals surface area contributed by atoms with Crippen molar-refractivity contribution < 1.29 is 0 Å². The summed E-state index contributed by atoms with van der Waals surface area (Å²) in [6.07, 6.45) is 2.88. The Kier molecular flexibility index (Phi) is 8.49. The van der Waals surface area contributed by atoms with Crippen molar-refractivity contribution >= 4 is 52.3 Å². The number of aliphatic imine (C=N–C) groups is 1. The number of para-hydroxylation sites is 2. The van der Waals surface area contributed by atoms with Crippen molar-refractivity contribution in [2.75, 3.05) is 20.1 Å². The minimum absolute atomic E-state index is 0. The van der Waals surface area contributed by atoms with Crippen LogP contribution in [-0.4, -0.2) is 45.5 Å². The first-order valence-corrected chi connectivity index (χ1v) is 9.85. The molecule has 0 aliphatic heterocycles. The van der Waals surface area contributed by atoms with Crippen LogP contribution < -0.4 is 5.32 Å². The van der Waals surface area contributed by atoms with Gasteiger partial charge in [-0.15, -0.1) is 35.3 Å². The third-order valence-electron chi connectivity index (χ3n) is 4.11. The first-order valence-electron chi connectivity index (χ1n) is 8.97. The van der Waals surface area contributed by atoms with Crippen LogP contribution in [-0.2, 0) is 13.1 Å². The van der Waals surface area contributed by atoms with Crippen LogP contribution in [0.2, 0.25) is 0 Å². The van der Waals surface area contributed by atoms with Crippen LogP contribution in [0.25, 0.3) is 11.0 Å². The molecule has 0 radical (unpaired) electrons. The van der Waals surface area contributed by atoms with E-state index in [2.05, 4.69) is 56.2 Å². The van der Waals surface area contributed by atoms with Gasteiger partial charge in [0.15, 0.2) is 5.96 Å². The van der Waals surface area contributed by atoms with Gasteiger partial charge < -0.3 is 14.8 Å². The number of nitrogens with one attached hydrogen (secondary N) is 1. The van der Waals surface area contributed by atoms with Gasteiger partial charge in [-0.1, -0.05) is 12.1 Å². The fraction of sp³-hybridized carbons (Fsp3) is 0.421. The van der Waals surface area contributed by atoms with Gasteiger partial charge in [0.1, 0.15) is 0 Å². The normalized spacial score (nSPS) is 11.4. The van der Waals surface area contributed by atoms with E-state index in [9.17, 15) is 0 Å². The molecule has 0 aliphatic rings. The third kappa shape index (κ3) is 5.90. The molecule has 2 aromatic heterocycles. The van der Waals surface area contributed by atoms with E-state index >= 15 is 0 Å². The molecule has 0 spiro atoms. The quantitative estimate of drug-likeness (QED) is 0.232. The Balaban J connectivity index is 0.00000261. The minimum atomic E-state index is 0. The summed E-state index contributed by atoms with van der Waals surface area (Å²) in [4.78, 5) is 15.9. The molecule has 0 fully saturated rings. The van der Waals surface area contributed by atoms with Crippen molar-refractivity contribution in [1.82, 2.24) is 24.8 Å². The number of aromatic nitrogens is 3. The van der Waals surface area contributed by atoms with Gasteiger partial charge in [0, 0.05) is 32.1 Å². The molecule has 0 saturated heterocycles. The van der Waals surface area contributed by atoms with E-state index in [0.29, 0.717) is 0 Å². The lowest BCUT2D eigenvalue weighted by Crippen LogP contribution is -2.38. The standard InChI is InChI=1S/C19H26N6S.HI/c1-4-20-19(24(3)12-16-13-26-15(2)23-16)21-10-7-11-25-14-22-17-8-5-6-9-18(17)25;/h5-6,8-9,13-14H,4,7,10-12H2,1-3H3,(H,20,21);1H. The molecule has 146 valence electrons. The maximum atomic E-state index is 4.77. The monoisotopic (exact) mass is 498 g/mol. The van der Waals surface area contributed by atoms with E-state index in [4.69, 9.17) is 4.99 Å². The first kappa shape index (κ1) is 21.6. The number of hydrogen-bond acceptors (Lipinski definition) is 4. The number of hydrogen-bond donors (Lipinski definition) is 1. The van der Waals surface area contributed by atoms with Crippen LogP contribution in [0.15, 0.2) is 41.0 Å². The highest BCUT2D eigenvalue weighted by molar-refractivity contribution is 14.0. The molecule has 6 nitrogen and oxygen atoms in total. The Morgan fingerprint density at radius 3 is 2.89 bits per heavy atom. The highest BCUT2D eigenvalue weighted by Crippen LogP contribution is 2.12. The lowest BCUT2D eigenvalue weighted by Gasteiger charge is -2.21. The summed E-state index contributed by atoms with van der Waals surface area (Å²) in [5, 5.41) is 6.58. The predicted octanol–water partition coefficient (Wildman–Crippen LogP) is 3.91. The largest absolute Gasteiger partial charge is 0.357 e. The molecule has 27 heavy (non-hydrogen) atoms. The van der Waals surface area contributed by atoms with Crippen molar-refractivity contribution in [3.63, 3.8) is 0 Å². The van der Waals surface area contributed by atoms with E-state index in [0.717, 1.165) is 54.8 Å². The zero-order chi connectivity index (χ0) is 18.4. The van der Waals surface area contributed by atoms with E-state index in [1.165, 1.54) is 5.52 Å². The molecule has 2 heterocycles. The maximum Gasteiger partial charge on any atom is 0.194 e. The summed E-state index contributed by atoms with van der Waals surface area (Å²) >= 11 is 1.69. The first-order chi connectivity index (χ1) is 12.7. The molecule has 0 saturated carbocycles. The van der Waals surface area contributed by atoms with Crippen molar-refractivity contribution in [2.24, 2.45) is 4.99 Å². The molecule has 0 atom stereocenters. The number of benzene rings is 1. The number of rotatable bonds is 7. The van der Waals surface area contributed by atoms with E-state index < -0.39 is 0 Å². The molecular formula is C19H27IN6S. The van der Waals surface area contributed by atoms with Crippen LogP contribution in [0.5, 0.6) is 0 Å². The molecule has 0 amide bonds. The lowest BCUT2D eigenvalue weighted by atomic mass is 10.3. The molecule has 1 N–H and O–H groups in total. The molecule has 0 unspecified atom stereocenters. The second-order valence-corrected chi connectivity index (χ2v) is 7.29. The number of halogens is 1. The zero-order valence-electron chi connectivity index (χ0n) is 16.1. The van der Waals surface area contributed by atoms with Crippen LogP contribution in [0.3, 0.4) is 0 Å². The molecule has 1 aromatic carbocycles. The van der Waals surface area contributed by atoms with Gasteiger partial charge >= 0.3 is 0 Å². The van der Waals surface area contributed by atoms with Gasteiger partial charge in [0.2, 0.25) is 0 Å². The number of fused-ring (bicyclic) bond motifs is 1. The second kappa shape index (κ2) is 10.6. The zero-order valence-corrected chi connectivity index (χ0v) is 19.2. The molecule has 0 bridgehead atoms. The minimum Gasteiger partial charge on any atom is -0.357 e. The molecule has 3 rings (SSSR count). The Labute approximate surface area is 181 Å². The molecule has 0 aliphatic carbocycles. The van der Waals surface area contributed by atoms with Gasteiger partial charge in [-0.25, -0.2) is 9.97 Å². The van der Waals surface area contributed by atoms with Gasteiger partial charge in [-0.05, 0) is 32.4 Å². The van der Waals surface area contributed by atoms with Crippen molar-refractivity contribution in [2.45, 2.75) is 33.4 Å². The van der Waals surface area contributed by atoms with Crippen LogP contribution in [0.1, 0.15) is 24.0 Å². The summed E-state index contributed by atoms with van der Waals surface area (Å²) in [5.41, 5.74) is 3.31. The summed E-state index contributed by atoms with van der Waals surface area (Å²) < 4.78 is 2.19. The van der Waals surface area contributed by atoms with Gasteiger partial charge in [0.05, 0.1) is 34.6 Å². The third-order valence-corrected chi connectivity index (χ3v) is 4.93. The van der Waals surface area contributed by atoms with Gasteiger partial charge in [-0.3, -0.25) is 4.99 Å². The van der Waals surface area contributed by atoms with Crippen molar-refractivity contribution in [3.05, 3.63) is 46.7 Å². The molecule has 8 heteroatoms. The average Bonchev–Trinajstić information content (AvgIpc) is 3.24. The average molecular weight is 498 g/mol. The summed E-state index contributed by atoms with van der Waals surface area (Å²) in [6, 6.07) is 8.23. The maximum absolute atomic E-state index is 4.77. The van der Waals surface area contributed by atoms with Crippen LogP contribution >= 0.6 is 35.3 Å².